The van der Waals surface area contributed by atoms with Crippen LogP contribution in [0.4, 0.5) is 5.69 Å². The molecular weight excluding hydrogens is 674 g/mol. The summed E-state index contributed by atoms with van der Waals surface area (Å²) in [5.74, 6) is -0.767. The normalized spacial score (nSPS) is 14.1. The number of nitrogens with one attached hydrogen (secondary N) is 1. The number of hydrogen-bond acceptors (Lipinski definition) is 4. The Kier molecular flexibility index (Phi) is 11.0. The van der Waals surface area contributed by atoms with Crippen LogP contribution in [0.3, 0.4) is 0 Å². The maximum atomic E-state index is 14.5. The Morgan fingerprint density at radius 1 is 0.844 bits per heavy atom. The molecule has 45 heavy (non-hydrogen) atoms. The van der Waals surface area contributed by atoms with Gasteiger partial charge in [-0.3, -0.25) is 13.9 Å². The number of rotatable bonds is 12. The van der Waals surface area contributed by atoms with E-state index in [1.54, 1.807) is 36.4 Å². The van der Waals surface area contributed by atoms with E-state index in [1.165, 1.54) is 23.1 Å². The van der Waals surface area contributed by atoms with Gasteiger partial charge in [-0.25, -0.2) is 8.42 Å². The molecule has 0 saturated heterocycles. The van der Waals surface area contributed by atoms with Crippen molar-refractivity contribution in [2.45, 2.75) is 55.6 Å². The molecule has 5 rings (SSSR count). The Labute approximate surface area is 278 Å². The molecule has 0 aliphatic heterocycles. The Bertz CT molecular complexity index is 1700. The molecular formula is C35H35BrClN3O4S. The predicted molar refractivity (Wildman–Crippen MR) is 181 cm³/mol. The summed E-state index contributed by atoms with van der Waals surface area (Å²) in [4.78, 5) is 30.1. The third kappa shape index (κ3) is 8.54. The number of halogens is 2. The Hall–Kier alpha value is -3.66. The van der Waals surface area contributed by atoms with Crippen molar-refractivity contribution >= 4 is 55.1 Å². The van der Waals surface area contributed by atoms with Crippen LogP contribution in [0.25, 0.3) is 0 Å². The summed E-state index contributed by atoms with van der Waals surface area (Å²) in [5.41, 5.74) is 1.94. The fourth-order valence-corrected chi connectivity index (χ4v) is 7.46. The molecule has 234 valence electrons. The van der Waals surface area contributed by atoms with Gasteiger partial charge < -0.3 is 10.2 Å². The average molecular weight is 709 g/mol. The smallest absolute Gasteiger partial charge is 0.264 e. The Balaban J connectivity index is 1.56. The number of sulfonamides is 1. The van der Waals surface area contributed by atoms with Crippen LogP contribution < -0.4 is 9.62 Å². The van der Waals surface area contributed by atoms with Gasteiger partial charge in [0.15, 0.2) is 0 Å². The van der Waals surface area contributed by atoms with Crippen LogP contribution in [0.15, 0.2) is 119 Å². The van der Waals surface area contributed by atoms with Gasteiger partial charge in [-0.05, 0) is 66.4 Å². The minimum absolute atomic E-state index is 0.0389. The van der Waals surface area contributed by atoms with Crippen molar-refractivity contribution in [1.29, 1.82) is 0 Å². The second kappa shape index (κ2) is 15.1. The lowest BCUT2D eigenvalue weighted by Gasteiger charge is -2.34. The molecule has 1 aliphatic carbocycles. The van der Waals surface area contributed by atoms with Gasteiger partial charge in [0.25, 0.3) is 10.0 Å². The third-order valence-electron chi connectivity index (χ3n) is 7.95. The van der Waals surface area contributed by atoms with E-state index in [2.05, 4.69) is 21.2 Å². The zero-order chi connectivity index (χ0) is 31.8. The summed E-state index contributed by atoms with van der Waals surface area (Å²) in [7, 11) is -4.18. The fourth-order valence-electron chi connectivity index (χ4n) is 5.59. The van der Waals surface area contributed by atoms with E-state index in [9.17, 15) is 18.0 Å². The number of hydrogen-bond donors (Lipinski definition) is 1. The molecule has 0 aromatic heterocycles. The average Bonchev–Trinajstić information content (AvgIpc) is 3.56. The van der Waals surface area contributed by atoms with Gasteiger partial charge >= 0.3 is 0 Å². The molecule has 0 heterocycles. The molecule has 2 amide bonds. The number of carbonyl (C=O) groups excluding carboxylic acids is 2. The maximum Gasteiger partial charge on any atom is 0.264 e. The van der Waals surface area contributed by atoms with Crippen LogP contribution in [0.1, 0.15) is 36.8 Å². The lowest BCUT2D eigenvalue weighted by atomic mass is 10.0. The lowest BCUT2D eigenvalue weighted by Crippen LogP contribution is -2.54. The van der Waals surface area contributed by atoms with Crippen LogP contribution in [0.2, 0.25) is 5.02 Å². The van der Waals surface area contributed by atoms with Crippen molar-refractivity contribution in [3.63, 3.8) is 0 Å². The van der Waals surface area contributed by atoms with E-state index in [0.29, 0.717) is 5.02 Å². The van der Waals surface area contributed by atoms with E-state index in [0.717, 1.165) is 45.6 Å². The van der Waals surface area contributed by atoms with Crippen molar-refractivity contribution in [2.24, 2.45) is 0 Å². The summed E-state index contributed by atoms with van der Waals surface area (Å²) in [6, 6.07) is 30.6. The van der Waals surface area contributed by atoms with Gasteiger partial charge in [-0.1, -0.05) is 107 Å². The second-order valence-corrected chi connectivity index (χ2v) is 14.4. The fraction of sp³-hybridized carbons (Fsp3) is 0.257. The molecule has 10 heteroatoms. The lowest BCUT2D eigenvalue weighted by molar-refractivity contribution is -0.140. The first-order valence-electron chi connectivity index (χ1n) is 14.9. The van der Waals surface area contributed by atoms with Gasteiger partial charge in [0.2, 0.25) is 11.8 Å². The summed E-state index contributed by atoms with van der Waals surface area (Å²) >= 11 is 9.76. The van der Waals surface area contributed by atoms with Crippen molar-refractivity contribution in [1.82, 2.24) is 10.2 Å². The van der Waals surface area contributed by atoms with Crippen LogP contribution in [-0.4, -0.2) is 43.8 Å². The van der Waals surface area contributed by atoms with E-state index >= 15 is 0 Å². The number of nitrogens with zero attached hydrogens (tertiary/aromatic N) is 2. The zero-order valence-corrected chi connectivity index (χ0v) is 27.8. The highest BCUT2D eigenvalue weighted by Gasteiger charge is 2.35. The highest BCUT2D eigenvalue weighted by molar-refractivity contribution is 9.10. The van der Waals surface area contributed by atoms with Gasteiger partial charge in [0.1, 0.15) is 12.6 Å². The molecule has 1 N–H and O–H groups in total. The highest BCUT2D eigenvalue weighted by Crippen LogP contribution is 2.27. The summed E-state index contributed by atoms with van der Waals surface area (Å²) in [6.07, 6.45) is 4.14. The number of benzene rings is 4. The van der Waals surface area contributed by atoms with Crippen molar-refractivity contribution < 1.29 is 18.0 Å². The van der Waals surface area contributed by atoms with Crippen molar-refractivity contribution in [2.75, 3.05) is 10.8 Å². The summed E-state index contributed by atoms with van der Waals surface area (Å²) < 4.78 is 30.0. The molecule has 4 aromatic carbocycles. The van der Waals surface area contributed by atoms with Crippen LogP contribution >= 0.6 is 27.5 Å². The molecule has 1 aliphatic rings. The Morgan fingerprint density at radius 3 is 2.13 bits per heavy atom. The molecule has 0 radical (unpaired) electrons. The molecule has 0 unspecified atom stereocenters. The minimum atomic E-state index is -4.18. The highest BCUT2D eigenvalue weighted by atomic mass is 79.9. The third-order valence-corrected chi connectivity index (χ3v) is 10.5. The molecule has 1 saturated carbocycles. The largest absolute Gasteiger partial charge is 0.352 e. The first-order valence-corrected chi connectivity index (χ1v) is 17.5. The summed E-state index contributed by atoms with van der Waals surface area (Å²) in [6.45, 7) is -0.424. The number of carbonyl (C=O) groups is 2. The van der Waals surface area contributed by atoms with Crippen LogP contribution in [0, 0.1) is 0 Å². The molecule has 1 fully saturated rings. The first kappa shape index (κ1) is 32.7. The zero-order valence-electron chi connectivity index (χ0n) is 24.7. The number of amides is 2. The van der Waals surface area contributed by atoms with Gasteiger partial charge in [-0.2, -0.15) is 0 Å². The number of anilines is 1. The quantitative estimate of drug-likeness (QED) is 0.172. The monoisotopic (exact) mass is 707 g/mol. The molecule has 4 aromatic rings. The second-order valence-electron chi connectivity index (χ2n) is 11.1. The van der Waals surface area contributed by atoms with E-state index in [1.807, 2.05) is 54.6 Å². The van der Waals surface area contributed by atoms with Crippen molar-refractivity contribution in [3.05, 3.63) is 130 Å². The van der Waals surface area contributed by atoms with E-state index < -0.39 is 28.5 Å². The van der Waals surface area contributed by atoms with E-state index in [-0.39, 0.29) is 35.5 Å². The van der Waals surface area contributed by atoms with Crippen molar-refractivity contribution in [3.8, 4) is 0 Å². The first-order chi connectivity index (χ1) is 21.7. The molecule has 0 spiro atoms. The minimum Gasteiger partial charge on any atom is -0.352 e. The van der Waals surface area contributed by atoms with Gasteiger partial charge in [0.05, 0.1) is 10.6 Å². The summed E-state index contributed by atoms with van der Waals surface area (Å²) in [5, 5.41) is 3.52. The topological polar surface area (TPSA) is 86.8 Å². The molecule has 7 nitrogen and oxygen atoms in total. The Morgan fingerprint density at radius 2 is 1.49 bits per heavy atom. The van der Waals surface area contributed by atoms with E-state index in [4.69, 9.17) is 11.6 Å². The standard InChI is InChI=1S/C35H35BrClN3O4S/c36-28-20-18-27(19-21-28)24-39(33(22-26-10-3-1-4-11-26)35(42)38-30-13-7-8-14-30)34(41)25-40(31-15-9-12-29(37)23-31)45(43,44)32-16-5-2-6-17-32/h1-6,9-12,15-21,23,30,33H,7-8,13-14,22,24-25H2,(H,38,42)/t33-/m1/s1. The van der Waals surface area contributed by atoms with Crippen LogP contribution in [-0.2, 0) is 32.6 Å². The van der Waals surface area contributed by atoms with Gasteiger partial charge in [0, 0.05) is 28.5 Å². The SMILES string of the molecule is O=C(NC1CCCC1)[C@@H](Cc1ccccc1)N(Cc1ccc(Br)cc1)C(=O)CN(c1cccc(Cl)c1)S(=O)(=O)c1ccccc1. The predicted octanol–water partition coefficient (Wildman–Crippen LogP) is 7.00. The molecule has 0 bridgehead atoms. The maximum absolute atomic E-state index is 14.5. The molecule has 1 atom stereocenters. The van der Waals surface area contributed by atoms with Crippen LogP contribution in [0.5, 0.6) is 0 Å². The van der Waals surface area contributed by atoms with Gasteiger partial charge in [-0.15, -0.1) is 0 Å².